The summed E-state index contributed by atoms with van der Waals surface area (Å²) in [5.74, 6) is -1.41. The fourth-order valence-corrected chi connectivity index (χ4v) is 4.51. The van der Waals surface area contributed by atoms with Gasteiger partial charge in [-0.25, -0.2) is 4.39 Å². The van der Waals surface area contributed by atoms with Gasteiger partial charge in [0, 0.05) is 18.3 Å². The number of hydrogen-bond acceptors (Lipinski definition) is 6. The molecule has 7 nitrogen and oxygen atoms in total. The van der Waals surface area contributed by atoms with E-state index in [1.807, 2.05) is 11.9 Å². The molecule has 0 aliphatic carbocycles. The number of methoxy groups -OCH3 is 1. The van der Waals surface area contributed by atoms with E-state index >= 15 is 0 Å². The topological polar surface area (TPSA) is 79.3 Å². The standard InChI is InChI=1S/C27H23FN2O5/c1-29-11-12-35-22-10-9-17(14-21(22)29)25(31)23-24(16-5-3-8-20(13-16)34-2)30(27(33)26(23)32)19-7-4-6-18(28)15-19/h3-10,13-15,24,31H,11-12H2,1-2H3/b25-23-. The van der Waals surface area contributed by atoms with Crippen LogP contribution in [0.5, 0.6) is 11.5 Å². The summed E-state index contributed by atoms with van der Waals surface area (Å²) in [4.78, 5) is 29.7. The molecule has 1 unspecified atom stereocenters. The summed E-state index contributed by atoms with van der Waals surface area (Å²) in [6.45, 7) is 1.22. The SMILES string of the molecule is COc1cccc(C2/C(=C(/O)c3ccc4c(c3)N(C)CCO4)C(=O)C(=O)N2c2cccc(F)c2)c1. The number of benzene rings is 3. The van der Waals surface area contributed by atoms with Gasteiger partial charge in [0.05, 0.1) is 31.0 Å². The second kappa shape index (κ2) is 8.79. The summed E-state index contributed by atoms with van der Waals surface area (Å²) in [6.07, 6.45) is 0. The first-order chi connectivity index (χ1) is 16.9. The number of amides is 1. The molecule has 8 heteroatoms. The van der Waals surface area contributed by atoms with Gasteiger partial charge in [0.15, 0.2) is 0 Å². The predicted molar refractivity (Wildman–Crippen MR) is 129 cm³/mol. The van der Waals surface area contributed by atoms with Crippen molar-refractivity contribution in [1.82, 2.24) is 0 Å². The Labute approximate surface area is 201 Å². The summed E-state index contributed by atoms with van der Waals surface area (Å²) in [5, 5.41) is 11.4. The van der Waals surface area contributed by atoms with E-state index in [0.29, 0.717) is 35.8 Å². The van der Waals surface area contributed by atoms with Crippen LogP contribution in [0, 0.1) is 5.82 Å². The quantitative estimate of drug-likeness (QED) is 0.345. The summed E-state index contributed by atoms with van der Waals surface area (Å²) in [5.41, 5.74) is 1.78. The number of rotatable bonds is 4. The number of anilines is 2. The molecule has 178 valence electrons. The van der Waals surface area contributed by atoms with Gasteiger partial charge in [0.1, 0.15) is 29.7 Å². The van der Waals surface area contributed by atoms with Crippen LogP contribution in [0.1, 0.15) is 17.2 Å². The van der Waals surface area contributed by atoms with Crippen molar-refractivity contribution < 1.29 is 28.6 Å². The number of fused-ring (bicyclic) bond motifs is 1. The molecule has 2 heterocycles. The highest BCUT2D eigenvalue weighted by molar-refractivity contribution is 6.51. The number of aliphatic hydroxyl groups excluding tert-OH is 1. The molecule has 1 amide bonds. The van der Waals surface area contributed by atoms with Crippen LogP contribution in [-0.2, 0) is 9.59 Å². The van der Waals surface area contributed by atoms with Crippen molar-refractivity contribution >= 4 is 28.8 Å². The normalized spacial score (nSPS) is 18.9. The zero-order chi connectivity index (χ0) is 24.7. The molecule has 3 aromatic rings. The van der Waals surface area contributed by atoms with E-state index in [9.17, 15) is 19.1 Å². The second-order valence-corrected chi connectivity index (χ2v) is 8.38. The maximum absolute atomic E-state index is 14.1. The van der Waals surface area contributed by atoms with Crippen LogP contribution < -0.4 is 19.3 Å². The maximum atomic E-state index is 14.1. The first-order valence-electron chi connectivity index (χ1n) is 11.1. The average molecular weight is 474 g/mol. The molecule has 0 bridgehead atoms. The van der Waals surface area contributed by atoms with Gasteiger partial charge in [-0.3, -0.25) is 14.5 Å². The number of likely N-dealkylation sites (N-methyl/N-ethyl adjacent to an activating group) is 1. The number of Topliss-reactive ketones (excluding diaryl/α,β-unsaturated/α-hetero) is 1. The Hall–Kier alpha value is -4.33. The summed E-state index contributed by atoms with van der Waals surface area (Å²) in [6, 6.07) is 16.4. The maximum Gasteiger partial charge on any atom is 0.300 e. The lowest BCUT2D eigenvalue weighted by atomic mass is 9.94. The second-order valence-electron chi connectivity index (χ2n) is 8.38. The van der Waals surface area contributed by atoms with E-state index in [1.165, 1.54) is 30.2 Å². The molecule has 1 N–H and O–H groups in total. The fraction of sp³-hybridized carbons (Fsp3) is 0.185. The molecule has 3 aromatic carbocycles. The Morgan fingerprint density at radius 2 is 1.89 bits per heavy atom. The lowest BCUT2D eigenvalue weighted by Crippen LogP contribution is -2.29. The van der Waals surface area contributed by atoms with E-state index < -0.39 is 23.5 Å². The van der Waals surface area contributed by atoms with Gasteiger partial charge in [-0.05, 0) is 54.1 Å². The number of carbonyl (C=O) groups excluding carboxylic acids is 2. The highest BCUT2D eigenvalue weighted by Crippen LogP contribution is 2.44. The molecule has 0 spiro atoms. The number of ether oxygens (including phenoxy) is 2. The zero-order valence-corrected chi connectivity index (χ0v) is 19.2. The Kier molecular flexibility index (Phi) is 5.64. The fourth-order valence-electron chi connectivity index (χ4n) is 4.51. The highest BCUT2D eigenvalue weighted by Gasteiger charge is 2.47. The number of nitrogens with zero attached hydrogens (tertiary/aromatic N) is 2. The van der Waals surface area contributed by atoms with E-state index in [4.69, 9.17) is 9.47 Å². The van der Waals surface area contributed by atoms with Gasteiger partial charge < -0.3 is 19.5 Å². The number of ketones is 1. The molecule has 1 atom stereocenters. The Morgan fingerprint density at radius 1 is 1.09 bits per heavy atom. The molecule has 1 saturated heterocycles. The van der Waals surface area contributed by atoms with Crippen molar-refractivity contribution in [3.63, 3.8) is 0 Å². The van der Waals surface area contributed by atoms with Crippen molar-refractivity contribution in [3.05, 3.63) is 89.2 Å². The molecular weight excluding hydrogens is 451 g/mol. The molecule has 0 radical (unpaired) electrons. The van der Waals surface area contributed by atoms with Crippen LogP contribution in [-0.4, -0.2) is 44.1 Å². The average Bonchev–Trinajstić information content (AvgIpc) is 3.14. The van der Waals surface area contributed by atoms with E-state index in [2.05, 4.69) is 0 Å². The van der Waals surface area contributed by atoms with Crippen LogP contribution in [0.15, 0.2) is 72.3 Å². The van der Waals surface area contributed by atoms with Crippen molar-refractivity contribution in [2.24, 2.45) is 0 Å². The molecular formula is C27H23FN2O5. The van der Waals surface area contributed by atoms with E-state index in [-0.39, 0.29) is 17.0 Å². The van der Waals surface area contributed by atoms with Gasteiger partial charge in [-0.1, -0.05) is 18.2 Å². The molecule has 2 aliphatic heterocycles. The van der Waals surface area contributed by atoms with Crippen LogP contribution in [0.25, 0.3) is 5.76 Å². The minimum absolute atomic E-state index is 0.0909. The third kappa shape index (κ3) is 3.86. The number of carbonyl (C=O) groups is 2. The Morgan fingerprint density at radius 3 is 2.66 bits per heavy atom. The minimum atomic E-state index is -0.989. The van der Waals surface area contributed by atoms with Crippen molar-refractivity contribution in [1.29, 1.82) is 0 Å². The minimum Gasteiger partial charge on any atom is -0.507 e. The van der Waals surface area contributed by atoms with Crippen LogP contribution in [0.4, 0.5) is 15.8 Å². The number of hydrogen-bond donors (Lipinski definition) is 1. The lowest BCUT2D eigenvalue weighted by molar-refractivity contribution is -0.132. The molecule has 0 aromatic heterocycles. The van der Waals surface area contributed by atoms with Gasteiger partial charge in [0.25, 0.3) is 11.7 Å². The first kappa shape index (κ1) is 22.5. The molecule has 1 fully saturated rings. The smallest absolute Gasteiger partial charge is 0.300 e. The van der Waals surface area contributed by atoms with Crippen molar-refractivity contribution in [2.45, 2.75) is 6.04 Å². The van der Waals surface area contributed by atoms with Crippen LogP contribution in [0.2, 0.25) is 0 Å². The monoisotopic (exact) mass is 474 g/mol. The van der Waals surface area contributed by atoms with Crippen molar-refractivity contribution in [3.8, 4) is 11.5 Å². The molecule has 2 aliphatic rings. The van der Waals surface area contributed by atoms with E-state index in [0.717, 1.165) is 5.69 Å². The molecule has 5 rings (SSSR count). The van der Waals surface area contributed by atoms with Crippen LogP contribution >= 0.6 is 0 Å². The Balaban J connectivity index is 1.71. The number of halogens is 1. The largest absolute Gasteiger partial charge is 0.507 e. The van der Waals surface area contributed by atoms with Gasteiger partial charge >= 0.3 is 0 Å². The molecule has 35 heavy (non-hydrogen) atoms. The Bertz CT molecular complexity index is 1370. The third-order valence-corrected chi connectivity index (χ3v) is 6.27. The lowest BCUT2D eigenvalue weighted by Gasteiger charge is -2.28. The zero-order valence-electron chi connectivity index (χ0n) is 19.2. The summed E-state index contributed by atoms with van der Waals surface area (Å²) in [7, 11) is 3.42. The first-order valence-corrected chi connectivity index (χ1v) is 11.1. The van der Waals surface area contributed by atoms with E-state index in [1.54, 1.807) is 48.5 Å². The summed E-state index contributed by atoms with van der Waals surface area (Å²) < 4.78 is 25.1. The summed E-state index contributed by atoms with van der Waals surface area (Å²) >= 11 is 0. The predicted octanol–water partition coefficient (Wildman–Crippen LogP) is 4.29. The van der Waals surface area contributed by atoms with Gasteiger partial charge in [0.2, 0.25) is 0 Å². The molecule has 0 saturated carbocycles. The van der Waals surface area contributed by atoms with Gasteiger partial charge in [-0.2, -0.15) is 0 Å². The van der Waals surface area contributed by atoms with Crippen LogP contribution in [0.3, 0.4) is 0 Å². The third-order valence-electron chi connectivity index (χ3n) is 6.27. The number of aliphatic hydroxyl groups is 1. The highest BCUT2D eigenvalue weighted by atomic mass is 19.1. The van der Waals surface area contributed by atoms with Crippen molar-refractivity contribution in [2.75, 3.05) is 37.1 Å². The van der Waals surface area contributed by atoms with Gasteiger partial charge in [-0.15, -0.1) is 0 Å².